The Labute approximate surface area is 120 Å². The molecule has 0 aromatic heterocycles. The van der Waals surface area contributed by atoms with Crippen LogP contribution in [0, 0.1) is 0 Å². The Balaban J connectivity index is 2.79. The van der Waals surface area contributed by atoms with E-state index in [1.54, 1.807) is 7.11 Å². The van der Waals surface area contributed by atoms with E-state index in [9.17, 15) is 0 Å². The van der Waals surface area contributed by atoms with Gasteiger partial charge in [-0.05, 0) is 37.9 Å². The zero-order valence-electron chi connectivity index (χ0n) is 11.0. The Bertz CT molecular complexity index is 337. The molecular formula is C14H21Cl2NO. The molecule has 0 radical (unpaired) electrons. The van der Waals surface area contributed by atoms with Gasteiger partial charge < -0.3 is 10.1 Å². The number of benzene rings is 1. The minimum Gasteiger partial charge on any atom is -0.385 e. The maximum Gasteiger partial charge on any atom is 0.0468 e. The molecule has 1 atom stereocenters. The lowest BCUT2D eigenvalue weighted by atomic mass is 10.0. The van der Waals surface area contributed by atoms with E-state index in [1.165, 1.54) is 0 Å². The summed E-state index contributed by atoms with van der Waals surface area (Å²) >= 11 is 12.5. The van der Waals surface area contributed by atoms with E-state index in [4.69, 9.17) is 27.9 Å². The Morgan fingerprint density at radius 3 is 2.50 bits per heavy atom. The number of rotatable bonds is 8. The second-order valence-corrected chi connectivity index (χ2v) is 5.09. The number of halogens is 2. The average Bonchev–Trinajstić information content (AvgIpc) is 2.35. The van der Waals surface area contributed by atoms with Crippen molar-refractivity contribution < 1.29 is 4.74 Å². The molecule has 0 saturated carbocycles. The van der Waals surface area contributed by atoms with Crippen molar-refractivity contribution in [3.63, 3.8) is 0 Å². The van der Waals surface area contributed by atoms with Crippen LogP contribution in [0.3, 0.4) is 0 Å². The van der Waals surface area contributed by atoms with Crippen LogP contribution in [0.2, 0.25) is 10.0 Å². The number of hydrogen-bond acceptors (Lipinski definition) is 2. The minimum atomic E-state index is 0.196. The number of hydrogen-bond donors (Lipinski definition) is 1. The molecule has 0 aliphatic carbocycles. The second-order valence-electron chi connectivity index (χ2n) is 4.28. The lowest BCUT2D eigenvalue weighted by Gasteiger charge is -2.21. The van der Waals surface area contributed by atoms with Crippen LogP contribution in [0.4, 0.5) is 0 Å². The molecule has 1 N–H and O–H groups in total. The predicted molar refractivity (Wildman–Crippen MR) is 78.6 cm³/mol. The molecule has 102 valence electrons. The van der Waals surface area contributed by atoms with E-state index in [-0.39, 0.29) is 6.04 Å². The molecule has 1 rings (SSSR count). The van der Waals surface area contributed by atoms with Crippen LogP contribution in [0.5, 0.6) is 0 Å². The van der Waals surface area contributed by atoms with Gasteiger partial charge in [0.25, 0.3) is 0 Å². The van der Waals surface area contributed by atoms with Crippen molar-refractivity contribution in [2.45, 2.75) is 32.2 Å². The third kappa shape index (κ3) is 4.77. The van der Waals surface area contributed by atoms with Gasteiger partial charge in [-0.2, -0.15) is 0 Å². The molecule has 0 aliphatic rings. The van der Waals surface area contributed by atoms with Gasteiger partial charge in [0.15, 0.2) is 0 Å². The highest BCUT2D eigenvalue weighted by atomic mass is 35.5. The summed E-state index contributed by atoms with van der Waals surface area (Å²) in [6.45, 7) is 3.86. The normalized spacial score (nSPS) is 12.7. The summed E-state index contributed by atoms with van der Waals surface area (Å²) in [6.07, 6.45) is 3.04. The summed E-state index contributed by atoms with van der Waals surface area (Å²) in [6, 6.07) is 5.85. The molecule has 18 heavy (non-hydrogen) atoms. The fourth-order valence-electron chi connectivity index (χ4n) is 1.94. The van der Waals surface area contributed by atoms with Crippen molar-refractivity contribution in [1.29, 1.82) is 0 Å². The zero-order valence-corrected chi connectivity index (χ0v) is 12.5. The Morgan fingerprint density at radius 1 is 1.28 bits per heavy atom. The van der Waals surface area contributed by atoms with E-state index in [0.717, 1.165) is 48.0 Å². The van der Waals surface area contributed by atoms with E-state index < -0.39 is 0 Å². The van der Waals surface area contributed by atoms with Gasteiger partial charge in [-0.3, -0.25) is 0 Å². The van der Waals surface area contributed by atoms with Crippen LogP contribution in [0.1, 0.15) is 37.8 Å². The molecule has 0 fully saturated rings. The van der Waals surface area contributed by atoms with Gasteiger partial charge in [0, 0.05) is 35.4 Å². The molecular weight excluding hydrogens is 269 g/mol. The summed E-state index contributed by atoms with van der Waals surface area (Å²) in [5.74, 6) is 0. The second kappa shape index (κ2) is 8.76. The molecule has 1 aromatic rings. The number of nitrogens with one attached hydrogen (secondary N) is 1. The van der Waals surface area contributed by atoms with Gasteiger partial charge in [0.2, 0.25) is 0 Å². The van der Waals surface area contributed by atoms with Crippen LogP contribution < -0.4 is 5.32 Å². The van der Waals surface area contributed by atoms with Gasteiger partial charge in [-0.1, -0.05) is 36.2 Å². The highest BCUT2D eigenvalue weighted by Gasteiger charge is 2.16. The van der Waals surface area contributed by atoms with Crippen LogP contribution in [-0.4, -0.2) is 20.3 Å². The monoisotopic (exact) mass is 289 g/mol. The quantitative estimate of drug-likeness (QED) is 0.714. The molecule has 0 amide bonds. The van der Waals surface area contributed by atoms with E-state index >= 15 is 0 Å². The lowest BCUT2D eigenvalue weighted by molar-refractivity contribution is 0.188. The lowest BCUT2D eigenvalue weighted by Crippen LogP contribution is -2.23. The van der Waals surface area contributed by atoms with Crippen LogP contribution in [-0.2, 0) is 4.74 Å². The standard InChI is InChI=1S/C14H21Cl2NO/c1-3-9-17-13(8-5-10-18-2)14-11(15)6-4-7-12(14)16/h4,6-7,13,17H,3,5,8-10H2,1-2H3. The topological polar surface area (TPSA) is 21.3 Å². The molecule has 1 aromatic carbocycles. The van der Waals surface area contributed by atoms with Crippen LogP contribution in [0.25, 0.3) is 0 Å². The SMILES string of the molecule is CCCNC(CCCOC)c1c(Cl)cccc1Cl. The predicted octanol–water partition coefficient (Wildman–Crippen LogP) is 4.46. The summed E-state index contributed by atoms with van der Waals surface area (Å²) in [5, 5.41) is 4.96. The number of methoxy groups -OCH3 is 1. The first kappa shape index (κ1) is 15.8. The molecule has 4 heteroatoms. The molecule has 0 spiro atoms. The maximum absolute atomic E-state index is 6.26. The summed E-state index contributed by atoms with van der Waals surface area (Å²) in [7, 11) is 1.72. The van der Waals surface area contributed by atoms with Gasteiger partial charge >= 0.3 is 0 Å². The largest absolute Gasteiger partial charge is 0.385 e. The minimum absolute atomic E-state index is 0.196. The highest BCUT2D eigenvalue weighted by Crippen LogP contribution is 2.32. The van der Waals surface area contributed by atoms with Gasteiger partial charge in [-0.25, -0.2) is 0 Å². The van der Waals surface area contributed by atoms with Crippen molar-refractivity contribution in [1.82, 2.24) is 5.32 Å². The molecule has 2 nitrogen and oxygen atoms in total. The first-order valence-electron chi connectivity index (χ1n) is 6.37. The third-order valence-corrected chi connectivity index (χ3v) is 3.49. The van der Waals surface area contributed by atoms with Crippen molar-refractivity contribution in [2.24, 2.45) is 0 Å². The summed E-state index contributed by atoms with van der Waals surface area (Å²) in [4.78, 5) is 0. The molecule has 1 unspecified atom stereocenters. The Hall–Kier alpha value is -0.280. The zero-order chi connectivity index (χ0) is 13.4. The first-order valence-corrected chi connectivity index (χ1v) is 7.12. The first-order chi connectivity index (χ1) is 8.70. The van der Waals surface area contributed by atoms with Crippen molar-refractivity contribution >= 4 is 23.2 Å². The van der Waals surface area contributed by atoms with Gasteiger partial charge in [0.05, 0.1) is 0 Å². The Morgan fingerprint density at radius 2 is 1.94 bits per heavy atom. The highest BCUT2D eigenvalue weighted by molar-refractivity contribution is 6.36. The molecule has 0 saturated heterocycles. The summed E-state index contributed by atoms with van der Waals surface area (Å²) < 4.78 is 5.10. The number of ether oxygens (including phenoxy) is 1. The van der Waals surface area contributed by atoms with Crippen molar-refractivity contribution in [3.05, 3.63) is 33.8 Å². The smallest absolute Gasteiger partial charge is 0.0468 e. The van der Waals surface area contributed by atoms with Crippen molar-refractivity contribution in [2.75, 3.05) is 20.3 Å². The van der Waals surface area contributed by atoms with E-state index in [1.807, 2.05) is 18.2 Å². The fourth-order valence-corrected chi connectivity index (χ4v) is 2.60. The van der Waals surface area contributed by atoms with Crippen LogP contribution in [0.15, 0.2) is 18.2 Å². The third-order valence-electron chi connectivity index (χ3n) is 2.83. The maximum atomic E-state index is 6.26. The van der Waals surface area contributed by atoms with Gasteiger partial charge in [-0.15, -0.1) is 0 Å². The molecule has 0 aliphatic heterocycles. The molecule has 0 heterocycles. The van der Waals surface area contributed by atoms with Crippen LogP contribution >= 0.6 is 23.2 Å². The van der Waals surface area contributed by atoms with Gasteiger partial charge in [0.1, 0.15) is 0 Å². The fraction of sp³-hybridized carbons (Fsp3) is 0.571. The Kier molecular flexibility index (Phi) is 7.68. The van der Waals surface area contributed by atoms with E-state index in [2.05, 4.69) is 12.2 Å². The molecule has 0 bridgehead atoms. The summed E-state index contributed by atoms with van der Waals surface area (Å²) in [5.41, 5.74) is 1.00. The van der Waals surface area contributed by atoms with Crippen molar-refractivity contribution in [3.8, 4) is 0 Å². The average molecular weight is 290 g/mol. The van der Waals surface area contributed by atoms with E-state index in [0.29, 0.717) is 0 Å².